The van der Waals surface area contributed by atoms with Crippen molar-refractivity contribution in [2.24, 2.45) is 5.10 Å². The molecule has 0 saturated carbocycles. The van der Waals surface area contributed by atoms with Gasteiger partial charge in [0.15, 0.2) is 0 Å². The van der Waals surface area contributed by atoms with Crippen LogP contribution in [0.5, 0.6) is 5.75 Å². The van der Waals surface area contributed by atoms with Crippen LogP contribution in [-0.4, -0.2) is 27.3 Å². The van der Waals surface area contributed by atoms with Crippen LogP contribution in [0.3, 0.4) is 0 Å². The molecule has 0 aliphatic rings. The highest BCUT2D eigenvalue weighted by Crippen LogP contribution is 2.29. The average molecular weight is 484 g/mol. The molecule has 0 aliphatic heterocycles. The minimum absolute atomic E-state index is 0.292. The second-order valence-corrected chi connectivity index (χ2v) is 8.42. The maximum atomic E-state index is 12.6. The fraction of sp³-hybridized carbons (Fsp3) is 0.0741. The van der Waals surface area contributed by atoms with Crippen molar-refractivity contribution >= 4 is 34.6 Å². The Morgan fingerprint density at radius 3 is 2.71 bits per heavy atom. The van der Waals surface area contributed by atoms with Crippen molar-refractivity contribution < 1.29 is 9.53 Å². The van der Waals surface area contributed by atoms with E-state index in [4.69, 9.17) is 16.3 Å². The van der Waals surface area contributed by atoms with Gasteiger partial charge in [0.05, 0.1) is 11.9 Å². The van der Waals surface area contributed by atoms with Gasteiger partial charge in [-0.15, -0.1) is 0 Å². The summed E-state index contributed by atoms with van der Waals surface area (Å²) in [4.78, 5) is 16.0. The number of halogens is 1. The number of rotatable bonds is 7. The Kier molecular flexibility index (Phi) is 6.32. The van der Waals surface area contributed by atoms with Crippen LogP contribution in [-0.2, 0) is 6.61 Å². The number of hydrogen-bond donors (Lipinski definition) is 3. The van der Waals surface area contributed by atoms with Crippen molar-refractivity contribution in [2.45, 2.75) is 13.5 Å². The molecule has 7 nitrogen and oxygen atoms in total. The van der Waals surface area contributed by atoms with Crippen LogP contribution in [0.1, 0.15) is 27.3 Å². The summed E-state index contributed by atoms with van der Waals surface area (Å²) in [5, 5.41) is 13.0. The molecule has 0 atom stereocenters. The molecule has 3 N–H and O–H groups in total. The zero-order valence-electron chi connectivity index (χ0n) is 18.9. The zero-order chi connectivity index (χ0) is 24.2. The molecule has 3 aromatic carbocycles. The Labute approximate surface area is 206 Å². The summed E-state index contributed by atoms with van der Waals surface area (Å²) >= 11 is 5.95. The largest absolute Gasteiger partial charge is 0.488 e. The molecule has 0 radical (unpaired) electrons. The van der Waals surface area contributed by atoms with E-state index < -0.39 is 5.91 Å². The molecule has 0 unspecified atom stereocenters. The first-order chi connectivity index (χ1) is 17.1. The number of amides is 1. The summed E-state index contributed by atoms with van der Waals surface area (Å²) < 4.78 is 6.02. The second kappa shape index (κ2) is 9.87. The minimum atomic E-state index is -0.392. The van der Waals surface area contributed by atoms with Crippen molar-refractivity contribution in [1.29, 1.82) is 0 Å². The SMILES string of the molecule is Cc1[nH]c2ccccc2c1/C=N/NC(=O)c1cc(-c2ccccc2OCc2ccc(Cl)cc2)n[nH]1. The number of H-pyrrole nitrogens is 2. The molecule has 174 valence electrons. The number of para-hydroxylation sites is 2. The topological polar surface area (TPSA) is 95.2 Å². The van der Waals surface area contributed by atoms with Crippen LogP contribution < -0.4 is 10.2 Å². The molecular formula is C27H22ClN5O2. The number of ether oxygens (including phenoxy) is 1. The number of benzene rings is 3. The van der Waals surface area contributed by atoms with Crippen LogP contribution in [0.4, 0.5) is 0 Å². The fourth-order valence-electron chi connectivity index (χ4n) is 3.80. The van der Waals surface area contributed by atoms with Gasteiger partial charge in [0.25, 0.3) is 5.91 Å². The highest BCUT2D eigenvalue weighted by molar-refractivity contribution is 6.30. The quantitative estimate of drug-likeness (QED) is 0.200. The maximum Gasteiger partial charge on any atom is 0.289 e. The van der Waals surface area contributed by atoms with Gasteiger partial charge in [-0.3, -0.25) is 9.89 Å². The predicted molar refractivity (Wildman–Crippen MR) is 138 cm³/mol. The number of carbonyl (C=O) groups is 1. The molecule has 0 aliphatic carbocycles. The maximum absolute atomic E-state index is 12.6. The van der Waals surface area contributed by atoms with E-state index in [2.05, 4.69) is 25.7 Å². The van der Waals surface area contributed by atoms with Gasteiger partial charge in [-0.25, -0.2) is 5.43 Å². The lowest BCUT2D eigenvalue weighted by atomic mass is 10.1. The van der Waals surface area contributed by atoms with Crippen LogP contribution >= 0.6 is 11.6 Å². The predicted octanol–water partition coefficient (Wildman–Crippen LogP) is 5.86. The van der Waals surface area contributed by atoms with E-state index in [-0.39, 0.29) is 0 Å². The van der Waals surface area contributed by atoms with E-state index in [1.165, 1.54) is 0 Å². The summed E-state index contributed by atoms with van der Waals surface area (Å²) in [6, 6.07) is 24.7. The average Bonchev–Trinajstić information content (AvgIpc) is 3.49. The number of nitrogens with one attached hydrogen (secondary N) is 3. The lowest BCUT2D eigenvalue weighted by Crippen LogP contribution is -2.18. The Morgan fingerprint density at radius 2 is 1.86 bits per heavy atom. The highest BCUT2D eigenvalue weighted by atomic mass is 35.5. The van der Waals surface area contributed by atoms with Gasteiger partial charge in [0, 0.05) is 32.7 Å². The van der Waals surface area contributed by atoms with E-state index >= 15 is 0 Å². The van der Waals surface area contributed by atoms with Gasteiger partial charge in [-0.2, -0.15) is 10.2 Å². The normalized spacial score (nSPS) is 11.3. The molecule has 5 aromatic rings. The van der Waals surface area contributed by atoms with Crippen molar-refractivity contribution in [3.05, 3.63) is 106 Å². The van der Waals surface area contributed by atoms with Crippen LogP contribution in [0.15, 0.2) is 84.0 Å². The molecule has 5 rings (SSSR count). The third-order valence-corrected chi connectivity index (χ3v) is 5.85. The third-order valence-electron chi connectivity index (χ3n) is 5.60. The second-order valence-electron chi connectivity index (χ2n) is 7.99. The molecule has 8 heteroatoms. The Morgan fingerprint density at radius 1 is 1.09 bits per heavy atom. The van der Waals surface area contributed by atoms with E-state index in [1.807, 2.05) is 79.7 Å². The summed E-state index contributed by atoms with van der Waals surface area (Å²) in [7, 11) is 0. The molecule has 0 spiro atoms. The Balaban J connectivity index is 1.28. The van der Waals surface area contributed by atoms with Crippen LogP contribution in [0, 0.1) is 6.92 Å². The van der Waals surface area contributed by atoms with Crippen molar-refractivity contribution in [3.63, 3.8) is 0 Å². The molecular weight excluding hydrogens is 462 g/mol. The number of hydrogen-bond acceptors (Lipinski definition) is 4. The summed E-state index contributed by atoms with van der Waals surface area (Å²) in [5.41, 5.74) is 8.14. The summed E-state index contributed by atoms with van der Waals surface area (Å²) in [6.07, 6.45) is 1.64. The van der Waals surface area contributed by atoms with Gasteiger partial charge in [0.2, 0.25) is 0 Å². The number of aromatic amines is 2. The smallest absolute Gasteiger partial charge is 0.289 e. The number of aryl methyl sites for hydroxylation is 1. The summed E-state index contributed by atoms with van der Waals surface area (Å²) in [5.74, 6) is 0.269. The first-order valence-corrected chi connectivity index (χ1v) is 11.4. The van der Waals surface area contributed by atoms with E-state index in [0.717, 1.165) is 33.3 Å². The molecule has 2 heterocycles. The van der Waals surface area contributed by atoms with Crippen molar-refractivity contribution in [1.82, 2.24) is 20.6 Å². The van der Waals surface area contributed by atoms with Crippen molar-refractivity contribution in [2.75, 3.05) is 0 Å². The molecule has 0 fully saturated rings. The van der Waals surface area contributed by atoms with Gasteiger partial charge in [-0.05, 0) is 48.9 Å². The fourth-order valence-corrected chi connectivity index (χ4v) is 3.93. The Hall–Kier alpha value is -4.36. The molecule has 0 bridgehead atoms. The van der Waals surface area contributed by atoms with Crippen LogP contribution in [0.2, 0.25) is 5.02 Å². The standard InChI is InChI=1S/C27H22ClN5O2/c1-17-22(20-6-2-4-8-23(20)30-17)15-29-33-27(34)25-14-24(31-32-25)21-7-3-5-9-26(21)35-16-18-10-12-19(28)13-11-18/h2-15,30H,16H2,1H3,(H,31,32)(H,33,34)/b29-15+. The minimum Gasteiger partial charge on any atom is -0.488 e. The van der Waals surface area contributed by atoms with Gasteiger partial charge >= 0.3 is 0 Å². The van der Waals surface area contributed by atoms with Gasteiger partial charge < -0.3 is 9.72 Å². The molecule has 1 amide bonds. The Bertz CT molecular complexity index is 1520. The lowest BCUT2D eigenvalue weighted by molar-refractivity contribution is 0.0950. The number of carbonyl (C=O) groups excluding carboxylic acids is 1. The molecule has 0 saturated heterocycles. The van der Waals surface area contributed by atoms with E-state index in [0.29, 0.717) is 28.8 Å². The number of fused-ring (bicyclic) bond motifs is 1. The third kappa shape index (κ3) is 4.95. The number of aromatic nitrogens is 3. The van der Waals surface area contributed by atoms with Gasteiger partial charge in [-0.1, -0.05) is 54.1 Å². The summed E-state index contributed by atoms with van der Waals surface area (Å²) in [6.45, 7) is 2.35. The zero-order valence-corrected chi connectivity index (χ0v) is 19.6. The molecule has 35 heavy (non-hydrogen) atoms. The highest BCUT2D eigenvalue weighted by Gasteiger charge is 2.14. The van der Waals surface area contributed by atoms with Gasteiger partial charge in [0.1, 0.15) is 18.1 Å². The molecule has 2 aromatic heterocycles. The van der Waals surface area contributed by atoms with Crippen molar-refractivity contribution in [3.8, 4) is 17.0 Å². The van der Waals surface area contributed by atoms with E-state index in [9.17, 15) is 4.79 Å². The number of hydrazone groups is 1. The first-order valence-electron chi connectivity index (χ1n) is 11.0. The monoisotopic (exact) mass is 483 g/mol. The lowest BCUT2D eigenvalue weighted by Gasteiger charge is -2.10. The van der Waals surface area contributed by atoms with Crippen LogP contribution in [0.25, 0.3) is 22.2 Å². The first kappa shape index (κ1) is 22.4. The number of nitrogens with zero attached hydrogens (tertiary/aromatic N) is 2. The van der Waals surface area contributed by atoms with E-state index in [1.54, 1.807) is 12.3 Å².